The second-order valence-corrected chi connectivity index (χ2v) is 12.1. The van der Waals surface area contributed by atoms with Crippen LogP contribution < -0.4 is 10.5 Å². The molecule has 11 nitrogen and oxygen atoms in total. The summed E-state index contributed by atoms with van der Waals surface area (Å²) in [6.45, 7) is 7.92. The number of rotatable bonds is 9. The highest BCUT2D eigenvalue weighted by Gasteiger charge is 2.42. The van der Waals surface area contributed by atoms with Gasteiger partial charge in [0, 0.05) is 56.7 Å². The Morgan fingerprint density at radius 2 is 1.70 bits per heavy atom. The van der Waals surface area contributed by atoms with Crippen molar-refractivity contribution in [2.45, 2.75) is 25.9 Å². The zero-order valence-corrected chi connectivity index (χ0v) is 24.2. The summed E-state index contributed by atoms with van der Waals surface area (Å²) >= 11 is 0. The van der Waals surface area contributed by atoms with Crippen LogP contribution in [-0.2, 0) is 4.79 Å². The topological polar surface area (TPSA) is 128 Å². The molecule has 11 heteroatoms. The van der Waals surface area contributed by atoms with Crippen molar-refractivity contribution in [2.24, 2.45) is 5.41 Å². The molecule has 2 fully saturated rings. The van der Waals surface area contributed by atoms with E-state index in [9.17, 15) is 9.90 Å². The fraction of sp³-hybridized carbons (Fsp3) is 0.312. The van der Waals surface area contributed by atoms with Gasteiger partial charge in [-0.2, -0.15) is 5.10 Å². The minimum atomic E-state index is -0.749. The summed E-state index contributed by atoms with van der Waals surface area (Å²) in [7, 11) is 0. The van der Waals surface area contributed by atoms with Crippen LogP contribution in [0.5, 0.6) is 11.5 Å². The SMILES string of the molecule is CC(C)(CN1CC(N2CC(n3ccc(-n4nc(-c5ccc(Oc6ccccc6)cc5)c5c(N)ncnc54)c3)C2)C1)C(=O)O. The van der Waals surface area contributed by atoms with Gasteiger partial charge in [0.1, 0.15) is 29.3 Å². The van der Waals surface area contributed by atoms with Crippen molar-refractivity contribution in [3.05, 3.63) is 79.4 Å². The molecule has 0 radical (unpaired) electrons. The van der Waals surface area contributed by atoms with E-state index in [1.165, 1.54) is 6.33 Å². The summed E-state index contributed by atoms with van der Waals surface area (Å²) in [6, 6.07) is 20.3. The van der Waals surface area contributed by atoms with Crippen LogP contribution in [0.1, 0.15) is 19.9 Å². The number of nitrogens with zero attached hydrogens (tertiary/aromatic N) is 7. The first-order valence-corrected chi connectivity index (χ1v) is 14.5. The number of fused-ring (bicyclic) bond motifs is 1. The van der Waals surface area contributed by atoms with Crippen LogP contribution in [0.25, 0.3) is 28.0 Å². The molecule has 3 aromatic heterocycles. The van der Waals surface area contributed by atoms with Crippen molar-refractivity contribution in [1.82, 2.24) is 34.1 Å². The molecule has 2 saturated heterocycles. The number of anilines is 1. The number of aromatic nitrogens is 5. The van der Waals surface area contributed by atoms with E-state index in [0.717, 1.165) is 48.9 Å². The van der Waals surface area contributed by atoms with Gasteiger partial charge in [-0.15, -0.1) is 0 Å². The molecular formula is C32H34N8O3. The standard InChI is InChI=1S/C32H34N8O3/c1-32(2,31(41)42)19-37-14-23(15-37)39-17-24(18-39)38-13-12-22(16-38)40-30-27(29(33)34-20-35-30)28(36-40)21-8-10-26(11-9-21)43-25-6-4-3-5-7-25/h3-13,16,20,23-24H,14-15,17-19H2,1-2H3,(H,41,42)(H2,33,34,35). The van der Waals surface area contributed by atoms with Gasteiger partial charge < -0.3 is 20.1 Å². The van der Waals surface area contributed by atoms with Crippen molar-refractivity contribution >= 4 is 22.8 Å². The fourth-order valence-electron chi connectivity index (χ4n) is 5.92. The van der Waals surface area contributed by atoms with Crippen molar-refractivity contribution in [3.63, 3.8) is 0 Å². The molecule has 0 spiro atoms. The zero-order valence-electron chi connectivity index (χ0n) is 24.2. The van der Waals surface area contributed by atoms with Gasteiger partial charge >= 0.3 is 5.97 Å². The number of benzene rings is 2. The number of hydrogen-bond acceptors (Lipinski definition) is 8. The molecule has 0 unspecified atom stereocenters. The van der Waals surface area contributed by atoms with Gasteiger partial charge in [-0.25, -0.2) is 14.6 Å². The molecule has 7 rings (SSSR count). The number of aliphatic carboxylic acids is 1. The van der Waals surface area contributed by atoms with Crippen molar-refractivity contribution < 1.29 is 14.6 Å². The second kappa shape index (κ2) is 10.5. The van der Waals surface area contributed by atoms with Crippen LogP contribution in [0.3, 0.4) is 0 Å². The number of hydrogen-bond donors (Lipinski definition) is 2. The van der Waals surface area contributed by atoms with Crippen molar-refractivity contribution in [2.75, 3.05) is 38.5 Å². The van der Waals surface area contributed by atoms with Gasteiger partial charge in [0.15, 0.2) is 5.65 Å². The van der Waals surface area contributed by atoms with Crippen LogP contribution in [0.15, 0.2) is 79.4 Å². The molecule has 0 amide bonds. The maximum Gasteiger partial charge on any atom is 0.310 e. The predicted molar refractivity (Wildman–Crippen MR) is 163 cm³/mol. The summed E-state index contributed by atoms with van der Waals surface area (Å²) in [5.41, 5.74) is 8.78. The van der Waals surface area contributed by atoms with Crippen LogP contribution in [0.2, 0.25) is 0 Å². The Morgan fingerprint density at radius 3 is 2.42 bits per heavy atom. The van der Waals surface area contributed by atoms with Gasteiger partial charge in [0.25, 0.3) is 0 Å². The third-order valence-electron chi connectivity index (χ3n) is 8.51. The van der Waals surface area contributed by atoms with E-state index in [-0.39, 0.29) is 0 Å². The predicted octanol–water partition coefficient (Wildman–Crippen LogP) is 4.31. The Hall–Kier alpha value is -4.74. The first kappa shape index (κ1) is 27.1. The van der Waals surface area contributed by atoms with Crippen LogP contribution in [0, 0.1) is 5.41 Å². The summed E-state index contributed by atoms with van der Waals surface area (Å²) in [4.78, 5) is 25.0. The van der Waals surface area contributed by atoms with Gasteiger partial charge in [0.2, 0.25) is 0 Å². The lowest BCUT2D eigenvalue weighted by Gasteiger charge is -2.53. The second-order valence-electron chi connectivity index (χ2n) is 12.1. The maximum atomic E-state index is 11.5. The molecule has 220 valence electrons. The van der Waals surface area contributed by atoms with Gasteiger partial charge in [-0.3, -0.25) is 14.6 Å². The average molecular weight is 579 g/mol. The van der Waals surface area contributed by atoms with E-state index in [2.05, 4.69) is 36.7 Å². The lowest BCUT2D eigenvalue weighted by molar-refractivity contribution is -0.149. The number of likely N-dealkylation sites (tertiary alicyclic amines) is 2. The van der Waals surface area contributed by atoms with Crippen LogP contribution in [0.4, 0.5) is 5.82 Å². The highest BCUT2D eigenvalue weighted by atomic mass is 16.5. The van der Waals surface area contributed by atoms with Crippen molar-refractivity contribution in [1.29, 1.82) is 0 Å². The summed E-state index contributed by atoms with van der Waals surface area (Å²) in [5.74, 6) is 1.14. The average Bonchev–Trinajstić information content (AvgIpc) is 3.58. The Kier molecular flexibility index (Phi) is 6.63. The minimum absolute atomic E-state index is 0.372. The maximum absolute atomic E-state index is 11.5. The molecule has 0 saturated carbocycles. The quantitative estimate of drug-likeness (QED) is 0.263. The van der Waals surface area contributed by atoms with E-state index in [0.29, 0.717) is 41.2 Å². The van der Waals surface area contributed by atoms with E-state index in [1.54, 1.807) is 13.8 Å². The highest BCUT2D eigenvalue weighted by Crippen LogP contribution is 2.34. The lowest BCUT2D eigenvalue weighted by atomic mass is 9.90. The van der Waals surface area contributed by atoms with Gasteiger partial charge in [0.05, 0.1) is 22.5 Å². The molecule has 43 heavy (non-hydrogen) atoms. The Morgan fingerprint density at radius 1 is 0.977 bits per heavy atom. The number of para-hydroxylation sites is 1. The monoisotopic (exact) mass is 578 g/mol. The van der Waals surface area contributed by atoms with E-state index < -0.39 is 11.4 Å². The zero-order chi connectivity index (χ0) is 29.7. The number of carboxylic acids is 1. The Labute approximate surface area is 249 Å². The summed E-state index contributed by atoms with van der Waals surface area (Å²) in [5, 5.41) is 15.1. The molecule has 0 atom stereocenters. The smallest absolute Gasteiger partial charge is 0.310 e. The van der Waals surface area contributed by atoms with Crippen molar-refractivity contribution in [3.8, 4) is 28.4 Å². The number of ether oxygens (including phenoxy) is 1. The van der Waals surface area contributed by atoms with E-state index in [4.69, 9.17) is 15.6 Å². The molecular weight excluding hydrogens is 544 g/mol. The molecule has 5 heterocycles. The minimum Gasteiger partial charge on any atom is -0.481 e. The molecule has 2 aliphatic heterocycles. The molecule has 2 aliphatic rings. The number of nitrogens with two attached hydrogens (primary N) is 1. The van der Waals surface area contributed by atoms with Crippen LogP contribution in [-0.4, -0.2) is 84.0 Å². The first-order valence-electron chi connectivity index (χ1n) is 14.5. The number of carbonyl (C=O) groups is 1. The fourth-order valence-corrected chi connectivity index (χ4v) is 5.92. The normalized spacial score (nSPS) is 16.7. The third-order valence-corrected chi connectivity index (χ3v) is 8.51. The molecule has 3 N–H and O–H groups in total. The Balaban J connectivity index is 1.05. The lowest BCUT2D eigenvalue weighted by Crippen LogP contribution is -2.66. The third kappa shape index (κ3) is 5.10. The largest absolute Gasteiger partial charge is 0.481 e. The molecule has 5 aromatic rings. The summed E-state index contributed by atoms with van der Waals surface area (Å²) in [6.07, 6.45) is 5.67. The van der Waals surface area contributed by atoms with E-state index >= 15 is 0 Å². The molecule has 0 aliphatic carbocycles. The van der Waals surface area contributed by atoms with Gasteiger partial charge in [-0.05, 0) is 56.3 Å². The Bertz CT molecular complexity index is 1770. The molecule has 2 aromatic carbocycles. The number of carboxylic acid groups (broad SMARTS) is 1. The first-order chi connectivity index (χ1) is 20.7. The van der Waals surface area contributed by atoms with E-state index in [1.807, 2.05) is 65.3 Å². The number of nitrogen functional groups attached to an aromatic ring is 1. The molecule has 0 bridgehead atoms. The summed E-state index contributed by atoms with van der Waals surface area (Å²) < 4.78 is 10.0. The highest BCUT2D eigenvalue weighted by molar-refractivity contribution is 5.98. The van der Waals surface area contributed by atoms with Gasteiger partial charge in [-0.1, -0.05) is 18.2 Å². The van der Waals surface area contributed by atoms with Crippen LogP contribution >= 0.6 is 0 Å².